The zero-order valence-corrected chi connectivity index (χ0v) is 6.41. The van der Waals surface area contributed by atoms with Crippen LogP contribution in [0.15, 0.2) is 0 Å². The minimum atomic E-state index is 0. The van der Waals surface area contributed by atoms with Gasteiger partial charge in [-0.25, -0.2) is 0 Å². The quantitative estimate of drug-likeness (QED) is 0.320. The van der Waals surface area contributed by atoms with Crippen molar-refractivity contribution >= 4 is 5.84 Å². The molecule has 0 fully saturated rings. The van der Waals surface area contributed by atoms with E-state index in [4.69, 9.17) is 11.1 Å². The van der Waals surface area contributed by atoms with Crippen LogP contribution in [0.4, 0.5) is 0 Å². The summed E-state index contributed by atoms with van der Waals surface area (Å²) in [6, 6.07) is 0. The molecule has 33 valence electrons. The first kappa shape index (κ1) is 9.76. The van der Waals surface area contributed by atoms with E-state index < -0.39 is 0 Å². The predicted molar refractivity (Wildman–Crippen MR) is 21.9 cm³/mol. The van der Waals surface area contributed by atoms with E-state index >= 15 is 0 Å². The fourth-order valence-corrected chi connectivity index (χ4v) is 0. The van der Waals surface area contributed by atoms with Crippen LogP contribution in [0.25, 0.3) is 0 Å². The molecule has 0 saturated carbocycles. The average Bonchev–Trinajstić information content (AvgIpc) is 1.38. The van der Waals surface area contributed by atoms with Crippen LogP contribution in [0.3, 0.4) is 0 Å². The zero-order valence-electron chi connectivity index (χ0n) is 3.57. The number of rotatable bonds is 1. The molecular formula is C3H7N2Y-. The molecule has 0 spiro atoms. The summed E-state index contributed by atoms with van der Waals surface area (Å²) >= 11 is 0. The van der Waals surface area contributed by atoms with Gasteiger partial charge in [-0.3, -0.25) is 5.41 Å². The molecule has 0 heterocycles. The number of amidine groups is 1. The van der Waals surface area contributed by atoms with Crippen LogP contribution >= 0.6 is 0 Å². The van der Waals surface area contributed by atoms with Crippen molar-refractivity contribution in [2.45, 2.75) is 6.42 Å². The van der Waals surface area contributed by atoms with E-state index in [0.717, 1.165) is 0 Å². The SMILES string of the molecule is [CH2-]CC(=N)N.[Y]. The van der Waals surface area contributed by atoms with Gasteiger partial charge in [-0.2, -0.15) is 0 Å². The third-order valence-corrected chi connectivity index (χ3v) is 0.269. The molecule has 0 unspecified atom stereocenters. The van der Waals surface area contributed by atoms with E-state index in [0.29, 0.717) is 6.42 Å². The molecule has 0 aromatic heterocycles. The number of hydrogen-bond acceptors (Lipinski definition) is 1. The predicted octanol–water partition coefficient (Wildman–Crippen LogP) is 0.144. The fraction of sp³-hybridized carbons (Fsp3) is 0.333. The van der Waals surface area contributed by atoms with Gasteiger partial charge in [0, 0.05) is 32.7 Å². The maximum Gasteiger partial charge on any atom is 0.0602 e. The van der Waals surface area contributed by atoms with Crippen LogP contribution in [0.2, 0.25) is 0 Å². The van der Waals surface area contributed by atoms with Crippen LogP contribution < -0.4 is 5.73 Å². The Balaban J connectivity index is 0. The molecule has 0 aromatic carbocycles. The van der Waals surface area contributed by atoms with E-state index in [1.54, 1.807) is 0 Å². The van der Waals surface area contributed by atoms with E-state index in [2.05, 4.69) is 6.92 Å². The van der Waals surface area contributed by atoms with Gasteiger partial charge in [-0.05, 0) is 0 Å². The second kappa shape index (κ2) is 5.57. The maximum absolute atomic E-state index is 6.46. The van der Waals surface area contributed by atoms with Crippen molar-refractivity contribution in [3.8, 4) is 0 Å². The normalized spacial score (nSPS) is 6.17. The zero-order chi connectivity index (χ0) is 4.28. The molecule has 1 radical (unpaired) electrons. The molecule has 6 heavy (non-hydrogen) atoms. The van der Waals surface area contributed by atoms with Crippen LogP contribution in [0, 0.1) is 12.3 Å². The Kier molecular flexibility index (Phi) is 9.07. The van der Waals surface area contributed by atoms with Crippen molar-refractivity contribution in [2.24, 2.45) is 5.73 Å². The topological polar surface area (TPSA) is 49.9 Å². The van der Waals surface area contributed by atoms with Crippen molar-refractivity contribution in [3.05, 3.63) is 6.92 Å². The molecule has 0 bridgehead atoms. The molecule has 0 aliphatic rings. The first-order chi connectivity index (χ1) is 2.27. The van der Waals surface area contributed by atoms with Crippen LogP contribution in [0.5, 0.6) is 0 Å². The summed E-state index contributed by atoms with van der Waals surface area (Å²) in [6.07, 6.45) is 0.417. The van der Waals surface area contributed by atoms with E-state index in [1.165, 1.54) is 0 Å². The fourth-order valence-electron chi connectivity index (χ4n) is 0. The molecule has 3 heteroatoms. The second-order valence-corrected chi connectivity index (χ2v) is 0.775. The Hall–Kier alpha value is 0.574. The van der Waals surface area contributed by atoms with Gasteiger partial charge in [-0.15, -0.1) is 6.42 Å². The molecule has 0 amide bonds. The van der Waals surface area contributed by atoms with Crippen LogP contribution in [-0.2, 0) is 32.7 Å². The standard InChI is InChI=1S/C3H7N2.Y/c1-2-3(4)5;/h1-2H2,(H3,4,5);/q-1;. The van der Waals surface area contributed by atoms with Gasteiger partial charge in [0.25, 0.3) is 0 Å². The minimum absolute atomic E-state index is 0. The summed E-state index contributed by atoms with van der Waals surface area (Å²) in [5.41, 5.74) is 4.81. The summed E-state index contributed by atoms with van der Waals surface area (Å²) in [4.78, 5) is 0. The molecular weight excluding hydrogens is 153 g/mol. The summed E-state index contributed by atoms with van der Waals surface area (Å²) in [5.74, 6) is 0.144. The van der Waals surface area contributed by atoms with Gasteiger partial charge in [-0.1, -0.05) is 0 Å². The van der Waals surface area contributed by atoms with E-state index in [1.807, 2.05) is 0 Å². The maximum atomic E-state index is 6.46. The minimum Gasteiger partial charge on any atom is -0.390 e. The Labute approximate surface area is 62.9 Å². The Morgan fingerprint density at radius 1 is 1.83 bits per heavy atom. The Bertz CT molecular complexity index is 44.1. The average molecular weight is 160 g/mol. The number of nitrogens with two attached hydrogens (primary N) is 1. The third kappa shape index (κ3) is 8.82. The monoisotopic (exact) mass is 160 g/mol. The number of hydrogen-bond donors (Lipinski definition) is 2. The molecule has 0 saturated heterocycles. The van der Waals surface area contributed by atoms with Gasteiger partial charge >= 0.3 is 0 Å². The van der Waals surface area contributed by atoms with Gasteiger partial charge in [0.1, 0.15) is 0 Å². The summed E-state index contributed by atoms with van der Waals surface area (Å²) in [6.45, 7) is 3.34. The smallest absolute Gasteiger partial charge is 0.0602 e. The van der Waals surface area contributed by atoms with Crippen LogP contribution in [-0.4, -0.2) is 5.84 Å². The van der Waals surface area contributed by atoms with Gasteiger partial charge < -0.3 is 12.7 Å². The van der Waals surface area contributed by atoms with Crippen molar-refractivity contribution < 1.29 is 32.7 Å². The summed E-state index contributed by atoms with van der Waals surface area (Å²) < 4.78 is 0. The summed E-state index contributed by atoms with van der Waals surface area (Å²) in [5, 5.41) is 6.46. The van der Waals surface area contributed by atoms with E-state index in [-0.39, 0.29) is 38.5 Å². The largest absolute Gasteiger partial charge is 0.390 e. The van der Waals surface area contributed by atoms with Crippen LogP contribution in [0.1, 0.15) is 6.42 Å². The first-order valence-electron chi connectivity index (χ1n) is 1.39. The van der Waals surface area contributed by atoms with Crippen molar-refractivity contribution in [3.63, 3.8) is 0 Å². The Morgan fingerprint density at radius 3 is 2.00 bits per heavy atom. The van der Waals surface area contributed by atoms with Crippen molar-refractivity contribution in [1.29, 1.82) is 5.41 Å². The van der Waals surface area contributed by atoms with E-state index in [9.17, 15) is 0 Å². The summed E-state index contributed by atoms with van der Waals surface area (Å²) in [7, 11) is 0. The van der Waals surface area contributed by atoms with Gasteiger partial charge in [0.2, 0.25) is 0 Å². The van der Waals surface area contributed by atoms with Crippen molar-refractivity contribution in [2.75, 3.05) is 0 Å². The molecule has 3 N–H and O–H groups in total. The third-order valence-electron chi connectivity index (χ3n) is 0.269. The molecule has 0 aliphatic carbocycles. The van der Waals surface area contributed by atoms with Gasteiger partial charge in [0.15, 0.2) is 0 Å². The molecule has 0 aliphatic heterocycles. The van der Waals surface area contributed by atoms with Crippen molar-refractivity contribution in [1.82, 2.24) is 0 Å². The second-order valence-electron chi connectivity index (χ2n) is 0.775. The Morgan fingerprint density at radius 2 is 2.00 bits per heavy atom. The molecule has 0 rings (SSSR count). The van der Waals surface area contributed by atoms with Gasteiger partial charge in [0.05, 0.1) is 5.84 Å². The molecule has 2 nitrogen and oxygen atoms in total. The first-order valence-corrected chi connectivity index (χ1v) is 1.39. The molecule has 0 aromatic rings. The number of nitrogens with one attached hydrogen (secondary N) is 1. The molecule has 0 atom stereocenters.